The van der Waals surface area contributed by atoms with E-state index in [2.05, 4.69) is 30.5 Å². The molecule has 0 atom stereocenters. The average Bonchev–Trinajstić information content (AvgIpc) is 3.31. The van der Waals surface area contributed by atoms with Crippen molar-refractivity contribution in [3.05, 3.63) is 70.9 Å². The van der Waals surface area contributed by atoms with Gasteiger partial charge in [-0.2, -0.15) is 4.98 Å². The molecule has 158 valence electrons. The summed E-state index contributed by atoms with van der Waals surface area (Å²) in [6, 6.07) is 16.0. The third-order valence-corrected chi connectivity index (χ3v) is 4.87. The number of non-ortho nitro benzene ring substituents is 1. The molecule has 0 aliphatic carbocycles. The van der Waals surface area contributed by atoms with Crippen molar-refractivity contribution in [2.45, 2.75) is 6.42 Å². The summed E-state index contributed by atoms with van der Waals surface area (Å²) < 4.78 is 0. The Morgan fingerprint density at radius 2 is 1.94 bits per heavy atom. The van der Waals surface area contributed by atoms with Crippen molar-refractivity contribution in [1.29, 1.82) is 0 Å². The summed E-state index contributed by atoms with van der Waals surface area (Å²) >= 11 is 0. The van der Waals surface area contributed by atoms with Crippen LogP contribution in [0.4, 0.5) is 23.1 Å². The van der Waals surface area contributed by atoms with Gasteiger partial charge >= 0.3 is 0 Å². The van der Waals surface area contributed by atoms with E-state index in [1.54, 1.807) is 18.3 Å². The smallest absolute Gasteiger partial charge is 0.270 e. The fourth-order valence-electron chi connectivity index (χ4n) is 3.31. The summed E-state index contributed by atoms with van der Waals surface area (Å²) in [4.78, 5) is 26.0. The second kappa shape index (κ2) is 9.77. The number of nitro benzene ring substituents is 1. The molecule has 1 aromatic heterocycles. The molecule has 31 heavy (non-hydrogen) atoms. The summed E-state index contributed by atoms with van der Waals surface area (Å²) in [6.07, 6.45) is 4.65. The molecule has 2 aromatic carbocycles. The van der Waals surface area contributed by atoms with Crippen molar-refractivity contribution in [3.8, 4) is 11.1 Å². The molecule has 0 spiro atoms. The third-order valence-electron chi connectivity index (χ3n) is 4.87. The molecule has 0 unspecified atom stereocenters. The van der Waals surface area contributed by atoms with E-state index in [1.165, 1.54) is 6.07 Å². The van der Waals surface area contributed by atoms with E-state index < -0.39 is 4.92 Å². The highest BCUT2D eigenvalue weighted by molar-refractivity contribution is 5.71. The summed E-state index contributed by atoms with van der Waals surface area (Å²) in [5.74, 6) is 1.24. The minimum Gasteiger partial charge on any atom is -0.370 e. The number of benzene rings is 2. The van der Waals surface area contributed by atoms with Crippen LogP contribution in [0.3, 0.4) is 0 Å². The van der Waals surface area contributed by atoms with Crippen molar-refractivity contribution >= 4 is 29.4 Å². The number of aromatic nitrogens is 2. The molecule has 0 saturated heterocycles. The molecule has 1 aliphatic heterocycles. The Kier molecular flexibility index (Phi) is 6.44. The molecular formula is C22H23N7O2. The molecular weight excluding hydrogens is 394 g/mol. The van der Waals surface area contributed by atoms with Gasteiger partial charge in [-0.15, -0.1) is 0 Å². The summed E-state index contributed by atoms with van der Waals surface area (Å²) in [6.45, 7) is 3.52. The number of rotatable bonds is 9. The van der Waals surface area contributed by atoms with Crippen molar-refractivity contribution in [2.24, 2.45) is 4.99 Å². The fraction of sp³-hybridized carbons (Fsp3) is 0.227. The van der Waals surface area contributed by atoms with Crippen LogP contribution in [0.15, 0.2) is 65.8 Å². The minimum absolute atomic E-state index is 0.0650. The topological polar surface area (TPSA) is 109 Å². The third kappa shape index (κ3) is 5.61. The van der Waals surface area contributed by atoms with Crippen LogP contribution in [-0.4, -0.2) is 52.3 Å². The molecule has 2 heterocycles. The van der Waals surface area contributed by atoms with Gasteiger partial charge in [0.25, 0.3) is 5.69 Å². The van der Waals surface area contributed by atoms with Crippen LogP contribution in [0, 0.1) is 10.1 Å². The Morgan fingerprint density at radius 1 is 1.10 bits per heavy atom. The SMILES string of the molecule is O=[N+]([O-])c1cccc(-c2cccc(Nc3nccc(NCCCN4CC=NC4)n3)c2)c1. The van der Waals surface area contributed by atoms with Gasteiger partial charge < -0.3 is 10.6 Å². The van der Waals surface area contributed by atoms with E-state index in [1.807, 2.05) is 42.6 Å². The number of nitro groups is 1. The predicted octanol–water partition coefficient (Wildman–Crippen LogP) is 3.94. The normalized spacial score (nSPS) is 13.3. The van der Waals surface area contributed by atoms with Gasteiger partial charge in [0.2, 0.25) is 5.95 Å². The van der Waals surface area contributed by atoms with E-state index in [9.17, 15) is 10.1 Å². The molecule has 0 radical (unpaired) electrons. The molecule has 0 amide bonds. The molecule has 4 rings (SSSR count). The maximum absolute atomic E-state index is 11.0. The first-order valence-corrected chi connectivity index (χ1v) is 10.1. The maximum Gasteiger partial charge on any atom is 0.270 e. The van der Waals surface area contributed by atoms with Crippen LogP contribution >= 0.6 is 0 Å². The quantitative estimate of drug-likeness (QED) is 0.308. The van der Waals surface area contributed by atoms with Crippen molar-refractivity contribution in [1.82, 2.24) is 14.9 Å². The van der Waals surface area contributed by atoms with Gasteiger partial charge in [-0.25, -0.2) is 4.98 Å². The number of nitrogens with one attached hydrogen (secondary N) is 2. The van der Waals surface area contributed by atoms with E-state index >= 15 is 0 Å². The van der Waals surface area contributed by atoms with Crippen molar-refractivity contribution < 1.29 is 4.92 Å². The highest BCUT2D eigenvalue weighted by atomic mass is 16.6. The number of hydrogen-bond acceptors (Lipinski definition) is 8. The highest BCUT2D eigenvalue weighted by Crippen LogP contribution is 2.27. The lowest BCUT2D eigenvalue weighted by atomic mass is 10.0. The Hall–Kier alpha value is -3.85. The molecule has 9 nitrogen and oxygen atoms in total. The van der Waals surface area contributed by atoms with Gasteiger partial charge in [0, 0.05) is 49.9 Å². The van der Waals surface area contributed by atoms with Gasteiger partial charge in [0.1, 0.15) is 5.82 Å². The molecule has 1 aliphatic rings. The Bertz CT molecular complexity index is 1080. The monoisotopic (exact) mass is 417 g/mol. The lowest BCUT2D eigenvalue weighted by molar-refractivity contribution is -0.384. The zero-order chi connectivity index (χ0) is 21.5. The van der Waals surface area contributed by atoms with E-state index in [-0.39, 0.29) is 5.69 Å². The van der Waals surface area contributed by atoms with Crippen LogP contribution in [0.1, 0.15) is 6.42 Å². The Morgan fingerprint density at radius 3 is 2.74 bits per heavy atom. The molecule has 3 aromatic rings. The van der Waals surface area contributed by atoms with Crippen LogP contribution in [0.2, 0.25) is 0 Å². The van der Waals surface area contributed by atoms with Gasteiger partial charge in [0.05, 0.1) is 11.6 Å². The van der Waals surface area contributed by atoms with Crippen LogP contribution in [0.5, 0.6) is 0 Å². The molecule has 0 bridgehead atoms. The standard InChI is InChI=1S/C22H23N7O2/c30-29(31)20-7-2-5-18(15-20)17-4-1-6-19(14-17)26-22-25-10-8-21(27-22)24-9-3-12-28-13-11-23-16-28/h1-2,4-8,10-11,14-15H,3,9,12-13,16H2,(H2,24,25,26,27). The molecule has 9 heteroatoms. The number of anilines is 3. The first kappa shape index (κ1) is 20.4. The summed E-state index contributed by atoms with van der Waals surface area (Å²) in [5.41, 5.74) is 2.51. The summed E-state index contributed by atoms with van der Waals surface area (Å²) in [7, 11) is 0. The minimum atomic E-state index is -0.392. The van der Waals surface area contributed by atoms with E-state index in [0.29, 0.717) is 5.95 Å². The van der Waals surface area contributed by atoms with Crippen LogP contribution < -0.4 is 10.6 Å². The van der Waals surface area contributed by atoms with E-state index in [4.69, 9.17) is 0 Å². The fourth-order valence-corrected chi connectivity index (χ4v) is 3.31. The lowest BCUT2D eigenvalue weighted by Gasteiger charge is -2.13. The van der Waals surface area contributed by atoms with Gasteiger partial charge in [-0.05, 0) is 35.7 Å². The van der Waals surface area contributed by atoms with Gasteiger partial charge in [0.15, 0.2) is 0 Å². The second-order valence-electron chi connectivity index (χ2n) is 7.14. The molecule has 2 N–H and O–H groups in total. The second-order valence-corrected chi connectivity index (χ2v) is 7.14. The average molecular weight is 417 g/mol. The predicted molar refractivity (Wildman–Crippen MR) is 122 cm³/mol. The Labute approximate surface area is 180 Å². The Balaban J connectivity index is 1.38. The van der Waals surface area contributed by atoms with Crippen molar-refractivity contribution in [2.75, 3.05) is 36.9 Å². The first-order chi connectivity index (χ1) is 15.2. The molecule has 0 fully saturated rings. The molecule has 0 saturated carbocycles. The van der Waals surface area contributed by atoms with Crippen molar-refractivity contribution in [3.63, 3.8) is 0 Å². The van der Waals surface area contributed by atoms with Crippen LogP contribution in [-0.2, 0) is 0 Å². The van der Waals surface area contributed by atoms with E-state index in [0.717, 1.165) is 55.4 Å². The number of hydrogen-bond donors (Lipinski definition) is 2. The highest BCUT2D eigenvalue weighted by Gasteiger charge is 2.09. The lowest BCUT2D eigenvalue weighted by Crippen LogP contribution is -2.23. The number of aliphatic imine (C=N–C) groups is 1. The van der Waals surface area contributed by atoms with Gasteiger partial charge in [-0.1, -0.05) is 24.3 Å². The van der Waals surface area contributed by atoms with Crippen LogP contribution in [0.25, 0.3) is 11.1 Å². The first-order valence-electron chi connectivity index (χ1n) is 10.1. The summed E-state index contributed by atoms with van der Waals surface area (Å²) in [5, 5.41) is 17.6. The zero-order valence-corrected chi connectivity index (χ0v) is 16.9. The van der Waals surface area contributed by atoms with Gasteiger partial charge in [-0.3, -0.25) is 20.0 Å². The largest absolute Gasteiger partial charge is 0.370 e. The number of nitrogens with zero attached hydrogens (tertiary/aromatic N) is 5. The maximum atomic E-state index is 11.0. The zero-order valence-electron chi connectivity index (χ0n) is 16.9.